The molecule has 88 valence electrons. The molecule has 3 nitrogen and oxygen atoms in total. The van der Waals surface area contributed by atoms with Crippen molar-refractivity contribution in [2.24, 2.45) is 0 Å². The van der Waals surface area contributed by atoms with Crippen LogP contribution in [0.1, 0.15) is 24.1 Å². The summed E-state index contributed by atoms with van der Waals surface area (Å²) in [7, 11) is 0. The van der Waals surface area contributed by atoms with Crippen molar-refractivity contribution >= 4 is 0 Å². The van der Waals surface area contributed by atoms with Crippen LogP contribution in [0, 0.1) is 6.92 Å². The van der Waals surface area contributed by atoms with Gasteiger partial charge in [-0.3, -0.25) is 0 Å². The van der Waals surface area contributed by atoms with E-state index >= 15 is 0 Å². The zero-order valence-electron chi connectivity index (χ0n) is 10.1. The average Bonchev–Trinajstić information content (AvgIpc) is 3.06. The summed E-state index contributed by atoms with van der Waals surface area (Å²) in [6.45, 7) is 2.99. The number of hydrogen-bond acceptors (Lipinski definition) is 2. The average molecular weight is 227 g/mol. The molecule has 1 saturated carbocycles. The Hall–Kier alpha value is -1.61. The third kappa shape index (κ3) is 2.39. The fourth-order valence-electron chi connectivity index (χ4n) is 1.95. The Labute approximate surface area is 101 Å². The first kappa shape index (κ1) is 10.5. The molecule has 1 aromatic heterocycles. The number of benzene rings is 1. The second-order valence-corrected chi connectivity index (χ2v) is 4.69. The molecular weight excluding hydrogens is 210 g/mol. The molecule has 0 spiro atoms. The summed E-state index contributed by atoms with van der Waals surface area (Å²) >= 11 is 0. The number of rotatable bonds is 4. The maximum absolute atomic E-state index is 4.60. The highest BCUT2D eigenvalue weighted by atomic mass is 15.3. The van der Waals surface area contributed by atoms with Gasteiger partial charge in [-0.2, -0.15) is 5.10 Å². The van der Waals surface area contributed by atoms with E-state index in [0.29, 0.717) is 0 Å². The minimum atomic E-state index is 0.735. The number of nitrogens with one attached hydrogen (secondary N) is 1. The van der Waals surface area contributed by atoms with Crippen LogP contribution in [0.25, 0.3) is 5.69 Å². The third-order valence-electron chi connectivity index (χ3n) is 3.16. The number of aryl methyl sites for hydroxylation is 1. The second-order valence-electron chi connectivity index (χ2n) is 4.69. The Morgan fingerprint density at radius 3 is 2.88 bits per heavy atom. The molecule has 1 N–H and O–H groups in total. The van der Waals surface area contributed by atoms with Gasteiger partial charge in [-0.15, -0.1) is 0 Å². The fraction of sp³-hybridized carbons (Fsp3) is 0.357. The first-order chi connectivity index (χ1) is 8.33. The molecule has 1 fully saturated rings. The van der Waals surface area contributed by atoms with E-state index in [2.05, 4.69) is 41.6 Å². The molecule has 0 aliphatic heterocycles. The first-order valence-corrected chi connectivity index (χ1v) is 6.17. The van der Waals surface area contributed by atoms with Gasteiger partial charge < -0.3 is 5.32 Å². The summed E-state index contributed by atoms with van der Waals surface area (Å²) in [5.74, 6) is 0. The Morgan fingerprint density at radius 2 is 2.12 bits per heavy atom. The van der Waals surface area contributed by atoms with Crippen LogP contribution in [0.3, 0.4) is 0 Å². The van der Waals surface area contributed by atoms with Gasteiger partial charge in [0.25, 0.3) is 0 Å². The Kier molecular flexibility index (Phi) is 2.69. The van der Waals surface area contributed by atoms with Crippen molar-refractivity contribution in [2.45, 2.75) is 32.4 Å². The van der Waals surface area contributed by atoms with Crippen LogP contribution in [0.4, 0.5) is 0 Å². The molecule has 1 aromatic carbocycles. The van der Waals surface area contributed by atoms with E-state index in [9.17, 15) is 0 Å². The quantitative estimate of drug-likeness (QED) is 0.869. The predicted octanol–water partition coefficient (Wildman–Crippen LogP) is 2.43. The van der Waals surface area contributed by atoms with E-state index in [1.54, 1.807) is 0 Å². The Bertz CT molecular complexity index is 512. The molecule has 1 heterocycles. The van der Waals surface area contributed by atoms with Crippen LogP contribution in [0.15, 0.2) is 36.5 Å². The van der Waals surface area contributed by atoms with Crippen LogP contribution in [-0.4, -0.2) is 15.8 Å². The van der Waals surface area contributed by atoms with Crippen molar-refractivity contribution in [3.63, 3.8) is 0 Å². The van der Waals surface area contributed by atoms with Crippen LogP contribution in [0.2, 0.25) is 0 Å². The van der Waals surface area contributed by atoms with Crippen LogP contribution in [0.5, 0.6) is 0 Å². The van der Waals surface area contributed by atoms with Gasteiger partial charge in [0.05, 0.1) is 11.4 Å². The van der Waals surface area contributed by atoms with Gasteiger partial charge in [0.2, 0.25) is 0 Å². The number of aromatic nitrogens is 2. The maximum atomic E-state index is 4.60. The molecule has 0 amide bonds. The number of nitrogens with zero attached hydrogens (tertiary/aromatic N) is 2. The molecule has 0 bridgehead atoms. The largest absolute Gasteiger partial charge is 0.308 e. The molecule has 0 unspecified atom stereocenters. The third-order valence-corrected chi connectivity index (χ3v) is 3.16. The van der Waals surface area contributed by atoms with Crippen molar-refractivity contribution in [3.05, 3.63) is 47.8 Å². The maximum Gasteiger partial charge on any atom is 0.0766 e. The van der Waals surface area contributed by atoms with Gasteiger partial charge >= 0.3 is 0 Å². The highest BCUT2D eigenvalue weighted by molar-refractivity contribution is 5.39. The van der Waals surface area contributed by atoms with E-state index in [4.69, 9.17) is 0 Å². The standard InChI is InChI=1S/C14H17N3/c1-11-4-2-3-5-14(11)17-9-8-13(16-17)10-15-12-6-7-12/h2-5,8-9,12,15H,6-7,10H2,1H3. The van der Waals surface area contributed by atoms with E-state index in [-0.39, 0.29) is 0 Å². The molecule has 0 radical (unpaired) electrons. The molecule has 2 aromatic rings. The minimum Gasteiger partial charge on any atom is -0.308 e. The summed E-state index contributed by atoms with van der Waals surface area (Å²) in [5.41, 5.74) is 3.52. The monoisotopic (exact) mass is 227 g/mol. The molecule has 3 heteroatoms. The van der Waals surface area contributed by atoms with E-state index < -0.39 is 0 Å². The topological polar surface area (TPSA) is 29.9 Å². The van der Waals surface area contributed by atoms with Crippen molar-refractivity contribution < 1.29 is 0 Å². The smallest absolute Gasteiger partial charge is 0.0766 e. The van der Waals surface area contributed by atoms with Crippen LogP contribution in [-0.2, 0) is 6.54 Å². The molecule has 1 aliphatic rings. The van der Waals surface area contributed by atoms with Gasteiger partial charge in [-0.05, 0) is 37.5 Å². The van der Waals surface area contributed by atoms with Gasteiger partial charge in [0.15, 0.2) is 0 Å². The lowest BCUT2D eigenvalue weighted by Crippen LogP contribution is -2.15. The highest BCUT2D eigenvalue weighted by Crippen LogP contribution is 2.19. The number of hydrogen-bond donors (Lipinski definition) is 1. The van der Waals surface area contributed by atoms with Gasteiger partial charge in [0, 0.05) is 18.8 Å². The lowest BCUT2D eigenvalue weighted by molar-refractivity contribution is 0.664. The van der Waals surface area contributed by atoms with Gasteiger partial charge in [-0.1, -0.05) is 18.2 Å². The molecule has 0 atom stereocenters. The summed E-state index contributed by atoms with van der Waals surface area (Å²) in [6, 6.07) is 11.1. The van der Waals surface area contributed by atoms with Crippen LogP contribution >= 0.6 is 0 Å². The molecule has 0 saturated heterocycles. The molecule has 17 heavy (non-hydrogen) atoms. The summed E-state index contributed by atoms with van der Waals surface area (Å²) in [4.78, 5) is 0. The zero-order valence-corrected chi connectivity index (χ0v) is 10.1. The lowest BCUT2D eigenvalue weighted by atomic mass is 10.2. The Morgan fingerprint density at radius 1 is 1.29 bits per heavy atom. The van der Waals surface area contributed by atoms with Crippen molar-refractivity contribution in [1.82, 2.24) is 15.1 Å². The highest BCUT2D eigenvalue weighted by Gasteiger charge is 2.20. The number of para-hydroxylation sites is 1. The second kappa shape index (κ2) is 4.34. The normalized spacial score (nSPS) is 15.1. The summed E-state index contributed by atoms with van der Waals surface area (Å²) in [5, 5.41) is 8.07. The fourth-order valence-corrected chi connectivity index (χ4v) is 1.95. The van der Waals surface area contributed by atoms with Crippen molar-refractivity contribution in [2.75, 3.05) is 0 Å². The van der Waals surface area contributed by atoms with E-state index in [0.717, 1.165) is 24.0 Å². The van der Waals surface area contributed by atoms with Crippen LogP contribution < -0.4 is 5.32 Å². The molecule has 1 aliphatic carbocycles. The van der Waals surface area contributed by atoms with Gasteiger partial charge in [-0.25, -0.2) is 4.68 Å². The van der Waals surface area contributed by atoms with E-state index in [1.807, 2.05) is 16.9 Å². The molecule has 3 rings (SSSR count). The summed E-state index contributed by atoms with van der Waals surface area (Å²) < 4.78 is 1.96. The first-order valence-electron chi connectivity index (χ1n) is 6.17. The van der Waals surface area contributed by atoms with E-state index in [1.165, 1.54) is 18.4 Å². The Balaban J connectivity index is 1.77. The summed E-state index contributed by atoms with van der Waals surface area (Å²) in [6.07, 6.45) is 4.67. The minimum absolute atomic E-state index is 0.735. The van der Waals surface area contributed by atoms with Crippen molar-refractivity contribution in [1.29, 1.82) is 0 Å². The SMILES string of the molecule is Cc1ccccc1-n1ccc(CNC2CC2)n1. The van der Waals surface area contributed by atoms with Gasteiger partial charge in [0.1, 0.15) is 0 Å². The predicted molar refractivity (Wildman–Crippen MR) is 68.2 cm³/mol. The zero-order chi connectivity index (χ0) is 11.7. The lowest BCUT2D eigenvalue weighted by Gasteiger charge is -2.04. The van der Waals surface area contributed by atoms with Crippen molar-refractivity contribution in [3.8, 4) is 5.69 Å². The molecular formula is C14H17N3.